The van der Waals surface area contributed by atoms with Gasteiger partial charge in [0.1, 0.15) is 10.4 Å². The van der Waals surface area contributed by atoms with E-state index in [2.05, 4.69) is 10.3 Å². The van der Waals surface area contributed by atoms with E-state index in [0.717, 1.165) is 15.6 Å². The Bertz CT molecular complexity index is 1530. The number of carbonyl (C=O) groups excluding carboxylic acids is 1. The van der Waals surface area contributed by atoms with Crippen molar-refractivity contribution in [2.45, 2.75) is 0 Å². The van der Waals surface area contributed by atoms with E-state index in [1.165, 1.54) is 11.3 Å². The molecule has 2 aromatic heterocycles. The van der Waals surface area contributed by atoms with Crippen molar-refractivity contribution in [3.63, 3.8) is 0 Å². The number of carbonyl (C=O) groups is 1. The van der Waals surface area contributed by atoms with E-state index in [9.17, 15) is 4.79 Å². The summed E-state index contributed by atoms with van der Waals surface area (Å²) >= 11 is 13.8. The maximum absolute atomic E-state index is 12.9. The Morgan fingerprint density at radius 2 is 1.82 bits per heavy atom. The van der Waals surface area contributed by atoms with Gasteiger partial charge in [0.05, 0.1) is 19.2 Å². The van der Waals surface area contributed by atoms with Crippen molar-refractivity contribution >= 4 is 67.3 Å². The first-order valence-electron chi connectivity index (χ1n) is 9.78. The van der Waals surface area contributed by atoms with Crippen LogP contribution in [0.2, 0.25) is 10.0 Å². The molecule has 0 unspecified atom stereocenters. The molecule has 0 fully saturated rings. The third-order valence-corrected chi connectivity index (χ3v) is 6.96. The van der Waals surface area contributed by atoms with Gasteiger partial charge in [-0.2, -0.15) is 0 Å². The highest BCUT2D eigenvalue weighted by molar-refractivity contribution is 7.21. The fraction of sp³-hybridized carbons (Fsp3) is 0.0833. The van der Waals surface area contributed by atoms with E-state index in [1.807, 2.05) is 12.1 Å². The molecule has 5 rings (SSSR count). The second kappa shape index (κ2) is 8.59. The van der Waals surface area contributed by atoms with Crippen LogP contribution in [0.1, 0.15) is 9.67 Å². The van der Waals surface area contributed by atoms with Gasteiger partial charge < -0.3 is 19.2 Å². The van der Waals surface area contributed by atoms with E-state index in [0.29, 0.717) is 49.1 Å². The van der Waals surface area contributed by atoms with Gasteiger partial charge in [0.15, 0.2) is 17.1 Å². The number of hydrogen-bond donors (Lipinski definition) is 1. The number of oxazole rings is 1. The van der Waals surface area contributed by atoms with Crippen molar-refractivity contribution in [2.24, 2.45) is 0 Å². The van der Waals surface area contributed by atoms with E-state index in [-0.39, 0.29) is 5.91 Å². The molecular formula is C24H16Cl2N2O4S. The summed E-state index contributed by atoms with van der Waals surface area (Å²) in [5, 5.41) is 4.68. The molecule has 0 aliphatic carbocycles. The van der Waals surface area contributed by atoms with E-state index >= 15 is 0 Å². The first kappa shape index (κ1) is 21.6. The number of nitrogens with zero attached hydrogens (tertiary/aromatic N) is 1. The molecule has 3 aromatic carbocycles. The topological polar surface area (TPSA) is 73.6 Å². The van der Waals surface area contributed by atoms with Crippen LogP contribution in [0.3, 0.4) is 0 Å². The fourth-order valence-electron chi connectivity index (χ4n) is 3.47. The Balaban J connectivity index is 1.43. The van der Waals surface area contributed by atoms with Gasteiger partial charge in [-0.05, 0) is 48.5 Å². The number of hydrogen-bond acceptors (Lipinski definition) is 6. The quantitative estimate of drug-likeness (QED) is 0.275. The molecule has 9 heteroatoms. The van der Waals surface area contributed by atoms with Crippen molar-refractivity contribution in [2.75, 3.05) is 19.5 Å². The van der Waals surface area contributed by atoms with Gasteiger partial charge in [0.25, 0.3) is 5.91 Å². The van der Waals surface area contributed by atoms with Crippen molar-refractivity contribution in [1.82, 2.24) is 4.98 Å². The molecule has 0 aliphatic rings. The van der Waals surface area contributed by atoms with Gasteiger partial charge in [0, 0.05) is 26.4 Å². The SMILES string of the molecule is COc1ccc(-c2nc3cc(NC(=O)c4sc5cc(Cl)ccc5c4Cl)ccc3o2)cc1OC. The van der Waals surface area contributed by atoms with Crippen LogP contribution in [0, 0.1) is 0 Å². The lowest BCUT2D eigenvalue weighted by Crippen LogP contribution is -2.10. The van der Waals surface area contributed by atoms with Crippen LogP contribution in [0.15, 0.2) is 59.0 Å². The third kappa shape index (κ3) is 3.99. The Kier molecular flexibility index (Phi) is 5.62. The number of halogens is 2. The molecule has 33 heavy (non-hydrogen) atoms. The molecular weight excluding hydrogens is 483 g/mol. The minimum atomic E-state index is -0.305. The predicted octanol–water partition coefficient (Wildman–Crippen LogP) is 7.29. The van der Waals surface area contributed by atoms with Crippen LogP contribution in [-0.2, 0) is 0 Å². The number of aromatic nitrogens is 1. The zero-order valence-electron chi connectivity index (χ0n) is 17.4. The van der Waals surface area contributed by atoms with E-state index < -0.39 is 0 Å². The standard InChI is InChI=1S/C24H16Cl2N2O4S/c1-30-18-7-3-12(9-19(18)31-2)24-28-16-11-14(5-8-17(16)32-24)27-23(29)22-21(26)15-6-4-13(25)10-20(15)33-22/h3-11H,1-2H3,(H,27,29). The molecule has 5 aromatic rings. The lowest BCUT2D eigenvalue weighted by atomic mass is 10.2. The Labute approximate surface area is 202 Å². The van der Waals surface area contributed by atoms with Crippen LogP contribution in [0.25, 0.3) is 32.6 Å². The smallest absolute Gasteiger partial charge is 0.267 e. The molecule has 0 bridgehead atoms. The van der Waals surface area contributed by atoms with Gasteiger partial charge in [0.2, 0.25) is 5.89 Å². The summed E-state index contributed by atoms with van der Waals surface area (Å²) in [6.07, 6.45) is 0. The van der Waals surface area contributed by atoms with E-state index in [1.54, 1.807) is 56.7 Å². The second-order valence-electron chi connectivity index (χ2n) is 7.11. The molecule has 2 heterocycles. The second-order valence-corrected chi connectivity index (χ2v) is 8.98. The Morgan fingerprint density at radius 3 is 2.61 bits per heavy atom. The number of anilines is 1. The molecule has 0 saturated heterocycles. The fourth-order valence-corrected chi connectivity index (χ4v) is 5.16. The van der Waals surface area contributed by atoms with Crippen LogP contribution in [0.5, 0.6) is 11.5 Å². The van der Waals surface area contributed by atoms with Gasteiger partial charge >= 0.3 is 0 Å². The average molecular weight is 499 g/mol. The van der Waals surface area contributed by atoms with Gasteiger partial charge in [-0.15, -0.1) is 11.3 Å². The van der Waals surface area contributed by atoms with Crippen LogP contribution in [0.4, 0.5) is 5.69 Å². The first-order valence-corrected chi connectivity index (χ1v) is 11.4. The number of nitrogens with one attached hydrogen (secondary N) is 1. The molecule has 166 valence electrons. The van der Waals surface area contributed by atoms with Gasteiger partial charge in [-0.3, -0.25) is 4.79 Å². The minimum Gasteiger partial charge on any atom is -0.493 e. The summed E-state index contributed by atoms with van der Waals surface area (Å²) in [6.45, 7) is 0. The number of benzene rings is 3. The van der Waals surface area contributed by atoms with Crippen LogP contribution in [-0.4, -0.2) is 25.1 Å². The van der Waals surface area contributed by atoms with Crippen molar-refractivity contribution < 1.29 is 18.7 Å². The third-order valence-electron chi connectivity index (χ3n) is 5.07. The number of thiophene rings is 1. The average Bonchev–Trinajstić information content (AvgIpc) is 3.39. The lowest BCUT2D eigenvalue weighted by Gasteiger charge is -2.07. The molecule has 6 nitrogen and oxygen atoms in total. The number of fused-ring (bicyclic) bond motifs is 2. The van der Waals surface area contributed by atoms with Crippen LogP contribution < -0.4 is 14.8 Å². The van der Waals surface area contributed by atoms with Crippen molar-refractivity contribution in [3.05, 3.63) is 69.5 Å². The highest BCUT2D eigenvalue weighted by atomic mass is 35.5. The number of amides is 1. The molecule has 0 spiro atoms. The normalized spacial score (nSPS) is 11.2. The molecule has 0 aliphatic heterocycles. The summed E-state index contributed by atoms with van der Waals surface area (Å²) < 4.78 is 17.4. The number of methoxy groups -OCH3 is 2. The van der Waals surface area contributed by atoms with Gasteiger partial charge in [-0.1, -0.05) is 29.3 Å². The molecule has 1 amide bonds. The van der Waals surface area contributed by atoms with Crippen LogP contribution >= 0.6 is 34.5 Å². The number of ether oxygens (including phenoxy) is 2. The van der Waals surface area contributed by atoms with Crippen molar-refractivity contribution in [1.29, 1.82) is 0 Å². The predicted molar refractivity (Wildman–Crippen MR) is 132 cm³/mol. The summed E-state index contributed by atoms with van der Waals surface area (Å²) in [4.78, 5) is 17.9. The minimum absolute atomic E-state index is 0.305. The maximum atomic E-state index is 12.9. The van der Waals surface area contributed by atoms with E-state index in [4.69, 9.17) is 37.1 Å². The maximum Gasteiger partial charge on any atom is 0.267 e. The number of rotatable bonds is 5. The zero-order chi connectivity index (χ0) is 23.1. The monoisotopic (exact) mass is 498 g/mol. The molecule has 0 radical (unpaired) electrons. The summed E-state index contributed by atoms with van der Waals surface area (Å²) in [5.74, 6) is 1.32. The Hall–Kier alpha value is -3.26. The summed E-state index contributed by atoms with van der Waals surface area (Å²) in [7, 11) is 3.15. The highest BCUT2D eigenvalue weighted by Crippen LogP contribution is 2.37. The first-order chi connectivity index (χ1) is 16.0. The summed E-state index contributed by atoms with van der Waals surface area (Å²) in [5.41, 5.74) is 2.51. The molecule has 0 saturated carbocycles. The van der Waals surface area contributed by atoms with Crippen molar-refractivity contribution in [3.8, 4) is 23.0 Å². The largest absolute Gasteiger partial charge is 0.493 e. The highest BCUT2D eigenvalue weighted by Gasteiger charge is 2.18. The zero-order valence-corrected chi connectivity index (χ0v) is 19.8. The summed E-state index contributed by atoms with van der Waals surface area (Å²) in [6, 6.07) is 16.0. The molecule has 0 atom stereocenters. The lowest BCUT2D eigenvalue weighted by molar-refractivity contribution is 0.103. The Morgan fingerprint density at radius 1 is 1.00 bits per heavy atom. The van der Waals surface area contributed by atoms with Gasteiger partial charge in [-0.25, -0.2) is 4.98 Å². The molecule has 1 N–H and O–H groups in total.